The van der Waals surface area contributed by atoms with Crippen LogP contribution in [-0.4, -0.2) is 52.2 Å². The summed E-state index contributed by atoms with van der Waals surface area (Å²) in [5, 5.41) is 0.640. The van der Waals surface area contributed by atoms with Crippen LogP contribution in [0.1, 0.15) is 83.1 Å². The lowest BCUT2D eigenvalue weighted by Crippen LogP contribution is -2.38. The molecule has 0 bridgehead atoms. The first-order valence-corrected chi connectivity index (χ1v) is 13.8. The van der Waals surface area contributed by atoms with Gasteiger partial charge in [-0.25, -0.2) is 19.6 Å². The highest BCUT2D eigenvalue weighted by atomic mass is 35.5. The van der Waals surface area contributed by atoms with Gasteiger partial charge in [0.2, 0.25) is 0 Å². The van der Waals surface area contributed by atoms with E-state index in [-0.39, 0.29) is 22.8 Å². The van der Waals surface area contributed by atoms with E-state index in [0.29, 0.717) is 42.5 Å². The van der Waals surface area contributed by atoms with Gasteiger partial charge in [0.25, 0.3) is 0 Å². The van der Waals surface area contributed by atoms with E-state index in [9.17, 15) is 14.4 Å². The number of nitrogens with zero attached hydrogens (tertiary/aromatic N) is 4. The van der Waals surface area contributed by atoms with Gasteiger partial charge >= 0.3 is 12.2 Å². The first-order valence-electron chi connectivity index (χ1n) is 13.0. The fourth-order valence-corrected chi connectivity index (χ4v) is 4.34. The van der Waals surface area contributed by atoms with E-state index in [1.54, 1.807) is 43.9 Å². The van der Waals surface area contributed by atoms with E-state index >= 15 is 0 Å². The molecule has 0 fully saturated rings. The number of carbonyl (C=O) groups is 3. The molecule has 4 heterocycles. The van der Waals surface area contributed by atoms with Crippen LogP contribution in [0.4, 0.5) is 21.2 Å². The second-order valence-electron chi connectivity index (χ2n) is 11.4. The molecule has 0 aromatic carbocycles. The maximum atomic E-state index is 12.3. The fourth-order valence-electron chi connectivity index (χ4n) is 4.05. The second kappa shape index (κ2) is 12.5. The highest BCUT2D eigenvalue weighted by molar-refractivity contribution is 6.30. The first-order chi connectivity index (χ1) is 18.1. The van der Waals surface area contributed by atoms with Crippen LogP contribution >= 0.6 is 23.2 Å². The molecule has 0 atom stereocenters. The molecular weight excluding hydrogens is 543 g/mol. The molecule has 0 unspecified atom stereocenters. The lowest BCUT2D eigenvalue weighted by atomic mass is 10.1. The number of halogens is 2. The van der Waals surface area contributed by atoms with Crippen molar-refractivity contribution in [1.29, 1.82) is 0 Å². The summed E-state index contributed by atoms with van der Waals surface area (Å²) < 4.78 is 10.8. The summed E-state index contributed by atoms with van der Waals surface area (Å²) >= 11 is 11.8. The largest absolute Gasteiger partial charge is 0.443 e. The van der Waals surface area contributed by atoms with Crippen molar-refractivity contribution in [2.45, 2.75) is 84.8 Å². The van der Waals surface area contributed by atoms with Crippen LogP contribution in [0.3, 0.4) is 0 Å². The molecule has 0 saturated heterocycles. The number of fused-ring (bicyclic) bond motifs is 2. The predicted octanol–water partition coefficient (Wildman–Crippen LogP) is 7.27. The van der Waals surface area contributed by atoms with Crippen molar-refractivity contribution in [3.8, 4) is 0 Å². The Balaban J connectivity index is 0.000000216. The summed E-state index contributed by atoms with van der Waals surface area (Å²) in [6.07, 6.45) is 2.98. The molecule has 2 aliphatic rings. The van der Waals surface area contributed by atoms with Crippen molar-refractivity contribution in [2.24, 2.45) is 0 Å². The molecule has 0 radical (unpaired) electrons. The number of rotatable bonds is 0. The molecule has 11 heteroatoms. The van der Waals surface area contributed by atoms with Gasteiger partial charge in [-0.1, -0.05) is 29.3 Å². The molecule has 0 aliphatic carbocycles. The third-order valence-electron chi connectivity index (χ3n) is 5.67. The van der Waals surface area contributed by atoms with Gasteiger partial charge in [-0.05, 0) is 91.0 Å². The summed E-state index contributed by atoms with van der Waals surface area (Å²) in [5.74, 6) is 0.892. The number of Topliss-reactive ketones (excluding diaryl/α,β-unsaturated/α-hetero) is 1. The number of aromatic nitrogens is 2. The van der Waals surface area contributed by atoms with Crippen LogP contribution < -0.4 is 9.80 Å². The Morgan fingerprint density at radius 3 is 1.85 bits per heavy atom. The summed E-state index contributed by atoms with van der Waals surface area (Å²) in [6, 6.07) is 6.86. The number of anilines is 2. The van der Waals surface area contributed by atoms with Gasteiger partial charge in [0, 0.05) is 19.5 Å². The first kappa shape index (κ1) is 30.6. The molecular formula is C28H36Cl2N4O5. The number of ketones is 1. The summed E-state index contributed by atoms with van der Waals surface area (Å²) in [6.45, 7) is 12.0. The summed E-state index contributed by atoms with van der Waals surface area (Å²) in [7, 11) is 0. The number of ether oxygens (including phenoxy) is 2. The standard InChI is InChI=1S/C14H17ClN2O3.C14H19ClN2O2/c1-14(2,3)20-13(19)17-8-4-5-10(18)9-6-7-11(15)16-12(9)17;1-14(2,3)19-13(18)17-9-5-4-6-10-7-8-11(15)16-12(10)17/h6-7H,4-5,8H2,1-3H3;7-8H,4-6,9H2,1-3H3. The molecule has 0 N–H and O–H groups in total. The van der Waals surface area contributed by atoms with E-state index in [1.165, 1.54) is 4.90 Å². The van der Waals surface area contributed by atoms with E-state index in [1.807, 2.05) is 26.8 Å². The van der Waals surface area contributed by atoms with Crippen molar-refractivity contribution in [3.63, 3.8) is 0 Å². The highest BCUT2D eigenvalue weighted by Crippen LogP contribution is 2.29. The number of hydrogen-bond donors (Lipinski definition) is 0. The minimum atomic E-state index is -0.605. The van der Waals surface area contributed by atoms with Gasteiger partial charge < -0.3 is 9.47 Å². The minimum absolute atomic E-state index is 0.0322. The number of pyridine rings is 2. The van der Waals surface area contributed by atoms with E-state index in [0.717, 1.165) is 24.8 Å². The third kappa shape index (κ3) is 8.80. The Bertz CT molecular complexity index is 1220. The van der Waals surface area contributed by atoms with Crippen LogP contribution in [0.5, 0.6) is 0 Å². The van der Waals surface area contributed by atoms with Crippen molar-refractivity contribution >= 4 is 52.8 Å². The lowest BCUT2D eigenvalue weighted by molar-refractivity contribution is 0.0568. The Labute approximate surface area is 239 Å². The average molecular weight is 580 g/mol. The van der Waals surface area contributed by atoms with Crippen LogP contribution in [0.25, 0.3) is 0 Å². The van der Waals surface area contributed by atoms with Gasteiger partial charge in [0.15, 0.2) is 11.6 Å². The Morgan fingerprint density at radius 1 is 0.744 bits per heavy atom. The molecule has 0 saturated carbocycles. The Hall–Kier alpha value is -2.91. The molecule has 2 aromatic rings. The molecule has 2 amide bonds. The monoisotopic (exact) mass is 578 g/mol. The average Bonchev–Trinajstić information content (AvgIpc) is 3.11. The van der Waals surface area contributed by atoms with E-state index in [4.69, 9.17) is 32.7 Å². The number of hydrogen-bond acceptors (Lipinski definition) is 7. The van der Waals surface area contributed by atoms with Gasteiger partial charge in [-0.15, -0.1) is 0 Å². The maximum absolute atomic E-state index is 12.3. The van der Waals surface area contributed by atoms with Crippen LogP contribution in [0, 0.1) is 0 Å². The smallest absolute Gasteiger partial charge is 0.416 e. The van der Waals surface area contributed by atoms with Crippen molar-refractivity contribution in [1.82, 2.24) is 9.97 Å². The molecule has 2 aliphatic heterocycles. The quantitative estimate of drug-likeness (QED) is 0.303. The number of amides is 2. The Morgan fingerprint density at radius 2 is 1.26 bits per heavy atom. The molecule has 2 aromatic heterocycles. The van der Waals surface area contributed by atoms with E-state index < -0.39 is 17.3 Å². The molecule has 9 nitrogen and oxygen atoms in total. The number of aryl methyl sites for hydroxylation is 1. The van der Waals surface area contributed by atoms with Crippen LogP contribution in [0.15, 0.2) is 24.3 Å². The second-order valence-corrected chi connectivity index (χ2v) is 12.1. The third-order valence-corrected chi connectivity index (χ3v) is 6.09. The van der Waals surface area contributed by atoms with Gasteiger partial charge in [0.05, 0.1) is 5.56 Å². The normalized spacial score (nSPS) is 15.6. The van der Waals surface area contributed by atoms with Crippen LogP contribution in [-0.2, 0) is 15.9 Å². The van der Waals surface area contributed by atoms with Crippen molar-refractivity contribution in [2.75, 3.05) is 22.9 Å². The SMILES string of the molecule is CC(C)(C)OC(=O)N1CCCC(=O)c2ccc(Cl)nc21.CC(C)(C)OC(=O)N1CCCCc2ccc(Cl)nc21. The van der Waals surface area contributed by atoms with Crippen molar-refractivity contribution < 1.29 is 23.9 Å². The zero-order valence-corrected chi connectivity index (χ0v) is 24.9. The van der Waals surface area contributed by atoms with Crippen molar-refractivity contribution in [3.05, 3.63) is 45.7 Å². The zero-order chi connectivity index (χ0) is 29.0. The summed E-state index contributed by atoms with van der Waals surface area (Å²) in [4.78, 5) is 47.9. The highest BCUT2D eigenvalue weighted by Gasteiger charge is 2.30. The molecule has 39 heavy (non-hydrogen) atoms. The Kier molecular flexibility index (Phi) is 9.83. The van der Waals surface area contributed by atoms with E-state index in [2.05, 4.69) is 9.97 Å². The zero-order valence-electron chi connectivity index (χ0n) is 23.3. The molecule has 212 valence electrons. The minimum Gasteiger partial charge on any atom is -0.443 e. The van der Waals surface area contributed by atoms with Gasteiger partial charge in [-0.2, -0.15) is 0 Å². The predicted molar refractivity (Wildman–Crippen MR) is 152 cm³/mol. The fraction of sp³-hybridized carbons (Fsp3) is 0.536. The summed E-state index contributed by atoms with van der Waals surface area (Å²) in [5.41, 5.74) is 0.347. The molecule has 0 spiro atoms. The molecule has 4 rings (SSSR count). The lowest BCUT2D eigenvalue weighted by Gasteiger charge is -2.26. The topological polar surface area (TPSA) is 102 Å². The number of carbonyl (C=O) groups excluding carboxylic acids is 3. The maximum Gasteiger partial charge on any atom is 0.416 e. The van der Waals surface area contributed by atoms with Gasteiger partial charge in [-0.3, -0.25) is 14.6 Å². The van der Waals surface area contributed by atoms with Crippen LogP contribution in [0.2, 0.25) is 10.3 Å². The van der Waals surface area contributed by atoms with Gasteiger partial charge in [0.1, 0.15) is 27.3 Å².